The van der Waals surface area contributed by atoms with Crippen LogP contribution in [0.15, 0.2) is 52.0 Å². The SMILES string of the molecule is COc1cccc(C2=NN3[C@@H](C2)c2cc(Br)ccc2OC32CCN(C)CC2)c1. The van der Waals surface area contributed by atoms with Crippen molar-refractivity contribution in [1.82, 2.24) is 9.91 Å². The van der Waals surface area contributed by atoms with Crippen molar-refractivity contribution in [3.63, 3.8) is 0 Å². The van der Waals surface area contributed by atoms with Crippen LogP contribution in [0, 0.1) is 0 Å². The number of halogens is 1. The number of likely N-dealkylation sites (tertiary alicyclic amines) is 1. The minimum atomic E-state index is -0.362. The Bertz CT molecular complexity index is 937. The summed E-state index contributed by atoms with van der Waals surface area (Å²) in [6.45, 7) is 2.03. The third kappa shape index (κ3) is 2.90. The second kappa shape index (κ2) is 6.78. The lowest BCUT2D eigenvalue weighted by Crippen LogP contribution is -2.58. The van der Waals surface area contributed by atoms with Crippen molar-refractivity contribution in [1.29, 1.82) is 0 Å². The second-order valence-electron chi connectivity index (χ2n) is 7.88. The van der Waals surface area contributed by atoms with E-state index < -0.39 is 0 Å². The van der Waals surface area contributed by atoms with E-state index in [2.05, 4.69) is 63.2 Å². The van der Waals surface area contributed by atoms with E-state index in [-0.39, 0.29) is 11.8 Å². The Kier molecular flexibility index (Phi) is 4.36. The normalized spacial score (nSPS) is 23.0. The van der Waals surface area contributed by atoms with Crippen LogP contribution in [0.1, 0.15) is 36.4 Å². The first-order valence-electron chi connectivity index (χ1n) is 9.76. The average Bonchev–Trinajstić information content (AvgIpc) is 3.18. The summed E-state index contributed by atoms with van der Waals surface area (Å²) in [6, 6.07) is 14.7. The lowest BCUT2D eigenvalue weighted by molar-refractivity contribution is -0.147. The van der Waals surface area contributed by atoms with Crippen molar-refractivity contribution in [2.75, 3.05) is 27.2 Å². The molecule has 146 valence electrons. The van der Waals surface area contributed by atoms with Gasteiger partial charge in [-0.15, -0.1) is 0 Å². The second-order valence-corrected chi connectivity index (χ2v) is 8.79. The molecule has 3 aliphatic heterocycles. The topological polar surface area (TPSA) is 37.3 Å². The van der Waals surface area contributed by atoms with Gasteiger partial charge in [-0.3, -0.25) is 0 Å². The first kappa shape index (κ1) is 18.0. The highest BCUT2D eigenvalue weighted by Gasteiger charge is 2.51. The van der Waals surface area contributed by atoms with E-state index >= 15 is 0 Å². The van der Waals surface area contributed by atoms with Gasteiger partial charge in [-0.05, 0) is 37.4 Å². The standard InChI is InChI=1S/C22H24BrN3O2/c1-25-10-8-22(9-11-25)26-20(18-13-16(23)6-7-21(18)28-22)14-19(24-26)15-4-3-5-17(12-15)27-2/h3-7,12-13,20H,8-11,14H2,1-2H3/t20-/m0/s1. The third-order valence-corrected chi connectivity index (χ3v) is 6.62. The third-order valence-electron chi connectivity index (χ3n) is 6.13. The van der Waals surface area contributed by atoms with Gasteiger partial charge in [-0.2, -0.15) is 5.10 Å². The zero-order chi connectivity index (χ0) is 19.3. The van der Waals surface area contributed by atoms with Gasteiger partial charge in [0.2, 0.25) is 5.72 Å². The molecule has 2 aromatic rings. The van der Waals surface area contributed by atoms with Gasteiger partial charge in [-0.25, -0.2) is 5.01 Å². The van der Waals surface area contributed by atoms with Gasteiger partial charge in [0.25, 0.3) is 0 Å². The molecule has 0 amide bonds. The van der Waals surface area contributed by atoms with Gasteiger partial charge in [0.05, 0.1) is 18.9 Å². The molecule has 0 unspecified atom stereocenters. The van der Waals surface area contributed by atoms with Crippen LogP contribution < -0.4 is 9.47 Å². The number of hydrazone groups is 1. The van der Waals surface area contributed by atoms with Gasteiger partial charge in [0.15, 0.2) is 0 Å². The Hall–Kier alpha value is -2.05. The summed E-state index contributed by atoms with van der Waals surface area (Å²) in [5.74, 6) is 1.86. The number of piperidine rings is 1. The molecule has 6 heteroatoms. The van der Waals surface area contributed by atoms with Gasteiger partial charge in [0.1, 0.15) is 11.5 Å². The molecule has 3 aliphatic rings. The maximum absolute atomic E-state index is 6.65. The summed E-state index contributed by atoms with van der Waals surface area (Å²) in [7, 11) is 3.88. The molecule has 3 heterocycles. The van der Waals surface area contributed by atoms with Crippen molar-refractivity contribution in [3.8, 4) is 11.5 Å². The largest absolute Gasteiger partial charge is 0.497 e. The van der Waals surface area contributed by atoms with E-state index in [0.29, 0.717) is 0 Å². The maximum atomic E-state index is 6.65. The molecular formula is C22H24BrN3O2. The summed E-state index contributed by atoms with van der Waals surface area (Å²) >= 11 is 3.63. The Labute approximate surface area is 174 Å². The predicted octanol–water partition coefficient (Wildman–Crippen LogP) is 4.42. The van der Waals surface area contributed by atoms with E-state index in [4.69, 9.17) is 14.6 Å². The van der Waals surface area contributed by atoms with Crippen LogP contribution >= 0.6 is 15.9 Å². The van der Waals surface area contributed by atoms with Gasteiger partial charge in [-0.1, -0.05) is 28.1 Å². The van der Waals surface area contributed by atoms with Crippen LogP contribution in [-0.2, 0) is 0 Å². The molecule has 1 atom stereocenters. The number of benzene rings is 2. The fourth-order valence-electron chi connectivity index (χ4n) is 4.53. The molecule has 0 radical (unpaired) electrons. The highest BCUT2D eigenvalue weighted by atomic mass is 79.9. The summed E-state index contributed by atoms with van der Waals surface area (Å²) in [5, 5.41) is 7.38. The zero-order valence-corrected chi connectivity index (χ0v) is 17.8. The monoisotopic (exact) mass is 441 g/mol. The van der Waals surface area contributed by atoms with Gasteiger partial charge in [0, 0.05) is 48.0 Å². The van der Waals surface area contributed by atoms with Crippen molar-refractivity contribution >= 4 is 21.6 Å². The number of fused-ring (bicyclic) bond motifs is 4. The van der Waals surface area contributed by atoms with Crippen LogP contribution in [0.2, 0.25) is 0 Å². The summed E-state index contributed by atoms with van der Waals surface area (Å²) in [6.07, 6.45) is 2.77. The molecule has 28 heavy (non-hydrogen) atoms. The van der Waals surface area contributed by atoms with Crippen LogP contribution in [0.25, 0.3) is 0 Å². The highest BCUT2D eigenvalue weighted by Crippen LogP contribution is 2.50. The molecule has 0 aromatic heterocycles. The smallest absolute Gasteiger partial charge is 0.200 e. The molecular weight excluding hydrogens is 418 g/mol. The number of hydrogen-bond donors (Lipinski definition) is 0. The minimum Gasteiger partial charge on any atom is -0.497 e. The maximum Gasteiger partial charge on any atom is 0.200 e. The number of ether oxygens (including phenoxy) is 2. The average molecular weight is 442 g/mol. The lowest BCUT2D eigenvalue weighted by Gasteiger charge is -2.50. The first-order chi connectivity index (χ1) is 13.6. The van der Waals surface area contributed by atoms with Crippen LogP contribution in [-0.4, -0.2) is 48.6 Å². The van der Waals surface area contributed by atoms with Crippen molar-refractivity contribution in [3.05, 3.63) is 58.1 Å². The first-order valence-corrected chi connectivity index (χ1v) is 10.6. The summed E-state index contributed by atoms with van der Waals surface area (Å²) < 4.78 is 13.1. The van der Waals surface area contributed by atoms with Crippen molar-refractivity contribution in [2.45, 2.75) is 31.0 Å². The molecule has 5 rings (SSSR count). The predicted molar refractivity (Wildman–Crippen MR) is 113 cm³/mol. The van der Waals surface area contributed by atoms with Crippen molar-refractivity contribution < 1.29 is 9.47 Å². The number of rotatable bonds is 2. The van der Waals surface area contributed by atoms with E-state index in [1.54, 1.807) is 7.11 Å². The number of methoxy groups -OCH3 is 1. The molecule has 2 aromatic carbocycles. The van der Waals surface area contributed by atoms with E-state index in [1.165, 1.54) is 5.56 Å². The number of nitrogens with zero attached hydrogens (tertiary/aromatic N) is 3. The molecule has 0 bridgehead atoms. The Balaban J connectivity index is 1.58. The van der Waals surface area contributed by atoms with E-state index in [9.17, 15) is 0 Å². The van der Waals surface area contributed by atoms with Crippen LogP contribution in [0.5, 0.6) is 11.5 Å². The highest BCUT2D eigenvalue weighted by molar-refractivity contribution is 9.10. The molecule has 1 spiro atoms. The van der Waals surface area contributed by atoms with E-state index in [1.807, 2.05) is 12.1 Å². The van der Waals surface area contributed by atoms with Crippen LogP contribution in [0.4, 0.5) is 0 Å². The molecule has 0 aliphatic carbocycles. The zero-order valence-electron chi connectivity index (χ0n) is 16.2. The molecule has 0 saturated carbocycles. The van der Waals surface area contributed by atoms with E-state index in [0.717, 1.165) is 59.6 Å². The Morgan fingerprint density at radius 1 is 1.18 bits per heavy atom. The van der Waals surface area contributed by atoms with Crippen LogP contribution in [0.3, 0.4) is 0 Å². The molecule has 1 saturated heterocycles. The Morgan fingerprint density at radius 2 is 2.00 bits per heavy atom. The fourth-order valence-corrected chi connectivity index (χ4v) is 4.91. The molecule has 0 N–H and O–H groups in total. The summed E-state index contributed by atoms with van der Waals surface area (Å²) in [5.41, 5.74) is 3.06. The minimum absolute atomic E-state index is 0.200. The quantitative estimate of drug-likeness (QED) is 0.690. The molecule has 1 fully saturated rings. The lowest BCUT2D eigenvalue weighted by atomic mass is 9.91. The number of hydrogen-bond acceptors (Lipinski definition) is 5. The van der Waals surface area contributed by atoms with Crippen molar-refractivity contribution in [2.24, 2.45) is 5.10 Å². The fraction of sp³-hybridized carbons (Fsp3) is 0.409. The van der Waals surface area contributed by atoms with Gasteiger partial charge < -0.3 is 14.4 Å². The molecule has 5 nitrogen and oxygen atoms in total. The summed E-state index contributed by atoms with van der Waals surface area (Å²) in [4.78, 5) is 2.36. The Morgan fingerprint density at radius 3 is 2.79 bits per heavy atom. The van der Waals surface area contributed by atoms with Gasteiger partial charge >= 0.3 is 0 Å².